The molecule has 0 aromatic heterocycles. The van der Waals surface area contributed by atoms with Crippen LogP contribution in [0.4, 0.5) is 0 Å². The smallest absolute Gasteiger partial charge is 0.122 e. The topological polar surface area (TPSA) is 32.7 Å². The highest BCUT2D eigenvalue weighted by molar-refractivity contribution is 5.33. The van der Waals surface area contributed by atoms with Crippen LogP contribution in [0.1, 0.15) is 37.7 Å². The molecule has 0 saturated heterocycles. The van der Waals surface area contributed by atoms with E-state index >= 15 is 0 Å². The molecule has 1 N–H and O–H groups in total. The summed E-state index contributed by atoms with van der Waals surface area (Å²) in [7, 11) is 3.98. The molecule has 1 fully saturated rings. The SMILES string of the molecule is COc1ccccc1CCCN(C)C1CCC(CO)CC1. The molecule has 1 aliphatic carbocycles. The van der Waals surface area contributed by atoms with Crippen molar-refractivity contribution in [3.8, 4) is 5.75 Å². The average Bonchev–Trinajstić information content (AvgIpc) is 2.55. The fraction of sp³-hybridized carbons (Fsp3) is 0.667. The highest BCUT2D eigenvalue weighted by atomic mass is 16.5. The summed E-state index contributed by atoms with van der Waals surface area (Å²) in [5.41, 5.74) is 1.30. The number of aliphatic hydroxyl groups excluding tert-OH is 1. The van der Waals surface area contributed by atoms with Crippen molar-refractivity contribution in [1.29, 1.82) is 0 Å². The lowest BCUT2D eigenvalue weighted by Crippen LogP contribution is -2.36. The number of nitrogens with zero attached hydrogens (tertiary/aromatic N) is 1. The van der Waals surface area contributed by atoms with Crippen molar-refractivity contribution in [2.24, 2.45) is 5.92 Å². The third kappa shape index (κ3) is 4.72. The number of aliphatic hydroxyl groups is 1. The van der Waals surface area contributed by atoms with Crippen LogP contribution in [-0.2, 0) is 6.42 Å². The van der Waals surface area contributed by atoms with E-state index in [2.05, 4.69) is 24.1 Å². The lowest BCUT2D eigenvalue weighted by atomic mass is 9.86. The molecule has 0 atom stereocenters. The predicted octanol–water partition coefficient (Wildman–Crippen LogP) is 3.11. The first-order valence-electron chi connectivity index (χ1n) is 8.17. The van der Waals surface area contributed by atoms with E-state index in [-0.39, 0.29) is 0 Å². The molecule has 21 heavy (non-hydrogen) atoms. The number of hydrogen-bond acceptors (Lipinski definition) is 3. The van der Waals surface area contributed by atoms with E-state index < -0.39 is 0 Å². The van der Waals surface area contributed by atoms with Gasteiger partial charge in [-0.25, -0.2) is 0 Å². The number of benzene rings is 1. The maximum absolute atomic E-state index is 9.21. The zero-order valence-corrected chi connectivity index (χ0v) is 13.4. The number of hydrogen-bond donors (Lipinski definition) is 1. The van der Waals surface area contributed by atoms with Crippen molar-refractivity contribution in [2.75, 3.05) is 27.3 Å². The Hall–Kier alpha value is -1.06. The van der Waals surface area contributed by atoms with Gasteiger partial charge in [-0.15, -0.1) is 0 Å². The number of ether oxygens (including phenoxy) is 1. The molecule has 0 spiro atoms. The van der Waals surface area contributed by atoms with Gasteiger partial charge in [-0.3, -0.25) is 0 Å². The van der Waals surface area contributed by atoms with Gasteiger partial charge in [-0.2, -0.15) is 0 Å². The molecule has 0 heterocycles. The predicted molar refractivity (Wildman–Crippen MR) is 86.8 cm³/mol. The fourth-order valence-electron chi connectivity index (χ4n) is 3.38. The number of methoxy groups -OCH3 is 1. The Morgan fingerprint density at radius 1 is 1.19 bits per heavy atom. The highest BCUT2D eigenvalue weighted by Crippen LogP contribution is 2.27. The van der Waals surface area contributed by atoms with Gasteiger partial charge in [0.25, 0.3) is 0 Å². The van der Waals surface area contributed by atoms with E-state index in [1.807, 2.05) is 12.1 Å². The third-order valence-electron chi connectivity index (χ3n) is 4.85. The normalized spacial score (nSPS) is 22.5. The fourth-order valence-corrected chi connectivity index (χ4v) is 3.38. The number of para-hydroxylation sites is 1. The molecule has 0 radical (unpaired) electrons. The average molecular weight is 291 g/mol. The van der Waals surface area contributed by atoms with Crippen LogP contribution >= 0.6 is 0 Å². The Morgan fingerprint density at radius 2 is 1.90 bits per heavy atom. The maximum atomic E-state index is 9.21. The van der Waals surface area contributed by atoms with Crippen molar-refractivity contribution in [3.63, 3.8) is 0 Å². The van der Waals surface area contributed by atoms with Gasteiger partial charge in [-0.05, 0) is 69.7 Å². The van der Waals surface area contributed by atoms with Gasteiger partial charge < -0.3 is 14.7 Å². The lowest BCUT2D eigenvalue weighted by molar-refractivity contribution is 0.127. The summed E-state index contributed by atoms with van der Waals surface area (Å²) >= 11 is 0. The molecule has 118 valence electrons. The summed E-state index contributed by atoms with van der Waals surface area (Å²) in [6.07, 6.45) is 7.06. The van der Waals surface area contributed by atoms with Crippen LogP contribution in [0.5, 0.6) is 5.75 Å². The van der Waals surface area contributed by atoms with E-state index in [4.69, 9.17) is 4.74 Å². The Morgan fingerprint density at radius 3 is 2.57 bits per heavy atom. The second-order valence-corrected chi connectivity index (χ2v) is 6.25. The van der Waals surface area contributed by atoms with E-state index in [1.165, 1.54) is 31.2 Å². The van der Waals surface area contributed by atoms with Crippen molar-refractivity contribution < 1.29 is 9.84 Å². The second kappa shape index (κ2) is 8.40. The summed E-state index contributed by atoms with van der Waals surface area (Å²) in [5, 5.41) is 9.21. The molecule has 1 aliphatic rings. The highest BCUT2D eigenvalue weighted by Gasteiger charge is 2.23. The van der Waals surface area contributed by atoms with Crippen molar-refractivity contribution in [2.45, 2.75) is 44.6 Å². The first kappa shape index (κ1) is 16.3. The summed E-state index contributed by atoms with van der Waals surface area (Å²) < 4.78 is 5.41. The molecule has 1 aromatic rings. The molecular formula is C18H29NO2. The van der Waals surface area contributed by atoms with Gasteiger partial charge in [0.1, 0.15) is 5.75 Å². The van der Waals surface area contributed by atoms with Crippen molar-refractivity contribution in [3.05, 3.63) is 29.8 Å². The molecule has 0 amide bonds. The van der Waals surface area contributed by atoms with E-state index in [1.54, 1.807) is 7.11 Å². The zero-order valence-electron chi connectivity index (χ0n) is 13.4. The molecule has 1 aromatic carbocycles. The van der Waals surface area contributed by atoms with Crippen LogP contribution < -0.4 is 4.74 Å². The molecule has 1 saturated carbocycles. The van der Waals surface area contributed by atoms with Crippen LogP contribution in [0, 0.1) is 5.92 Å². The van der Waals surface area contributed by atoms with Gasteiger partial charge in [0, 0.05) is 12.6 Å². The van der Waals surface area contributed by atoms with Gasteiger partial charge in [-0.1, -0.05) is 18.2 Å². The van der Waals surface area contributed by atoms with Crippen LogP contribution in [0.2, 0.25) is 0 Å². The van der Waals surface area contributed by atoms with Crippen LogP contribution in [0.15, 0.2) is 24.3 Å². The standard InChI is InChI=1S/C18H29NO2/c1-19(17-11-9-15(14-20)10-12-17)13-5-7-16-6-3-4-8-18(16)21-2/h3-4,6,8,15,17,20H,5,7,9-14H2,1-2H3. The minimum absolute atomic E-state index is 0.365. The van der Waals surface area contributed by atoms with Crippen molar-refractivity contribution >= 4 is 0 Å². The van der Waals surface area contributed by atoms with Gasteiger partial charge in [0.2, 0.25) is 0 Å². The second-order valence-electron chi connectivity index (χ2n) is 6.25. The summed E-state index contributed by atoms with van der Waals surface area (Å²) in [5.74, 6) is 1.55. The van der Waals surface area contributed by atoms with E-state index in [0.29, 0.717) is 18.6 Å². The minimum atomic E-state index is 0.365. The van der Waals surface area contributed by atoms with Gasteiger partial charge in [0.15, 0.2) is 0 Å². The molecule has 0 unspecified atom stereocenters. The Bertz CT molecular complexity index is 413. The monoisotopic (exact) mass is 291 g/mol. The first-order valence-corrected chi connectivity index (χ1v) is 8.17. The quantitative estimate of drug-likeness (QED) is 0.838. The van der Waals surface area contributed by atoms with E-state index in [0.717, 1.165) is 25.1 Å². The van der Waals surface area contributed by atoms with Crippen molar-refractivity contribution in [1.82, 2.24) is 4.90 Å². The van der Waals surface area contributed by atoms with E-state index in [9.17, 15) is 5.11 Å². The molecule has 0 aliphatic heterocycles. The van der Waals surface area contributed by atoms with Crippen LogP contribution in [0.3, 0.4) is 0 Å². The molecule has 0 bridgehead atoms. The van der Waals surface area contributed by atoms with Gasteiger partial charge >= 0.3 is 0 Å². The van der Waals surface area contributed by atoms with Crippen LogP contribution in [0.25, 0.3) is 0 Å². The Balaban J connectivity index is 1.73. The summed E-state index contributed by atoms with van der Waals surface area (Å²) in [4.78, 5) is 2.50. The first-order chi connectivity index (χ1) is 10.2. The zero-order chi connectivity index (χ0) is 15.1. The Labute approximate surface area is 128 Å². The molecule has 3 nitrogen and oxygen atoms in total. The van der Waals surface area contributed by atoms with Crippen LogP contribution in [-0.4, -0.2) is 43.4 Å². The summed E-state index contributed by atoms with van der Waals surface area (Å²) in [6, 6.07) is 9.00. The Kier molecular flexibility index (Phi) is 6.52. The van der Waals surface area contributed by atoms with Gasteiger partial charge in [0.05, 0.1) is 7.11 Å². The maximum Gasteiger partial charge on any atom is 0.122 e. The minimum Gasteiger partial charge on any atom is -0.496 e. The largest absolute Gasteiger partial charge is 0.496 e. The third-order valence-corrected chi connectivity index (χ3v) is 4.85. The lowest BCUT2D eigenvalue weighted by Gasteiger charge is -2.34. The summed E-state index contributed by atoms with van der Waals surface area (Å²) in [6.45, 7) is 1.50. The number of rotatable bonds is 7. The molecule has 3 heteroatoms. The molecule has 2 rings (SSSR count). The molecular weight excluding hydrogens is 262 g/mol. The number of aryl methyl sites for hydroxylation is 1.